The molecule has 2 aromatic rings. The van der Waals surface area contributed by atoms with Gasteiger partial charge in [0.05, 0.1) is 33.8 Å². The number of hydrogen-bond acceptors (Lipinski definition) is 8. The lowest BCUT2D eigenvalue weighted by Gasteiger charge is -2.46. The van der Waals surface area contributed by atoms with E-state index in [-0.39, 0.29) is 22.8 Å². The summed E-state index contributed by atoms with van der Waals surface area (Å²) in [6.07, 6.45) is 4.40. The van der Waals surface area contributed by atoms with Crippen molar-refractivity contribution in [3.8, 4) is 0 Å². The lowest BCUT2D eigenvalue weighted by Crippen LogP contribution is -2.59. The number of sulfonamides is 1. The van der Waals surface area contributed by atoms with Gasteiger partial charge in [0, 0.05) is 25.3 Å². The maximum atomic E-state index is 13.8. The van der Waals surface area contributed by atoms with Gasteiger partial charge in [-0.3, -0.25) is 24.4 Å². The van der Waals surface area contributed by atoms with E-state index in [0.29, 0.717) is 37.7 Å². The zero-order valence-electron chi connectivity index (χ0n) is 19.2. The molecule has 3 heterocycles. The molecule has 0 aliphatic carbocycles. The molecule has 1 amide bonds. The summed E-state index contributed by atoms with van der Waals surface area (Å²) in [5.41, 5.74) is 2.96. The molecule has 0 saturated carbocycles. The molecule has 2 aliphatic heterocycles. The van der Waals surface area contributed by atoms with Crippen molar-refractivity contribution in [3.63, 3.8) is 0 Å². The fraction of sp³-hybridized carbons (Fsp3) is 0.455. The molecule has 9 nitrogen and oxygen atoms in total. The summed E-state index contributed by atoms with van der Waals surface area (Å²) in [6, 6.07) is 7.41. The highest BCUT2D eigenvalue weighted by Crippen LogP contribution is 2.32. The third-order valence-corrected chi connectivity index (χ3v) is 9.90. The Hall–Kier alpha value is -1.96. The van der Waals surface area contributed by atoms with Crippen LogP contribution >= 0.6 is 23.5 Å². The van der Waals surface area contributed by atoms with E-state index in [1.165, 1.54) is 28.7 Å². The minimum atomic E-state index is -3.82. The van der Waals surface area contributed by atoms with Crippen LogP contribution in [-0.2, 0) is 16.6 Å². The van der Waals surface area contributed by atoms with E-state index in [1.807, 2.05) is 5.43 Å². The molecule has 0 unspecified atom stereocenters. The summed E-state index contributed by atoms with van der Waals surface area (Å²) in [6.45, 7) is 3.30. The standard InChI is InChI=1S/C22H28ClFN6O3S2/c1-34-29-13-18(14-29)28-8-6-19(7-9-28)35(32,33)30(17-4-5-21(24)20(23)10-17)12-16-3-2-15(11-26-16)22(31)27-25/h2-5,10-11,18-19H,6-9,12-14,25H2,1H3,(H,27,31). The molecule has 1 aromatic carbocycles. The second-order valence-corrected chi connectivity index (χ2v) is 12.0. The third-order valence-electron chi connectivity index (χ3n) is 6.52. The molecule has 4 rings (SSSR count). The number of nitrogens with one attached hydrogen (secondary N) is 1. The SMILES string of the molecule is CSN1CC(N2CCC(S(=O)(=O)N(Cc3ccc(C(=O)NN)cn3)c3ccc(F)c(Cl)c3)CC2)C1. The van der Waals surface area contributed by atoms with Crippen LogP contribution in [0.1, 0.15) is 28.9 Å². The number of nitrogen functional groups attached to an aromatic ring is 1. The first-order valence-electron chi connectivity index (χ1n) is 11.2. The molecule has 2 aliphatic rings. The zero-order chi connectivity index (χ0) is 25.2. The van der Waals surface area contributed by atoms with Gasteiger partial charge in [-0.05, 0) is 62.5 Å². The van der Waals surface area contributed by atoms with Crippen LogP contribution in [0.15, 0.2) is 36.5 Å². The van der Waals surface area contributed by atoms with Crippen LogP contribution in [0.2, 0.25) is 5.02 Å². The van der Waals surface area contributed by atoms with Gasteiger partial charge in [0.2, 0.25) is 10.0 Å². The molecule has 0 radical (unpaired) electrons. The van der Waals surface area contributed by atoms with Crippen LogP contribution in [0.25, 0.3) is 0 Å². The fourth-order valence-electron chi connectivity index (χ4n) is 4.37. The number of nitrogens with two attached hydrogens (primary N) is 1. The van der Waals surface area contributed by atoms with Gasteiger partial charge >= 0.3 is 0 Å². The Bertz CT molecular complexity index is 1160. The van der Waals surface area contributed by atoms with Crippen molar-refractivity contribution in [1.82, 2.24) is 19.6 Å². The van der Waals surface area contributed by atoms with Crippen LogP contribution in [-0.4, -0.2) is 72.2 Å². The predicted molar refractivity (Wildman–Crippen MR) is 136 cm³/mol. The molecule has 13 heteroatoms. The number of anilines is 1. The smallest absolute Gasteiger partial charge is 0.266 e. The van der Waals surface area contributed by atoms with Crippen molar-refractivity contribution in [2.24, 2.45) is 5.84 Å². The Balaban J connectivity index is 1.54. The first kappa shape index (κ1) is 26.1. The lowest BCUT2D eigenvalue weighted by atomic mass is 10.0. The molecular weight excluding hydrogens is 515 g/mol. The van der Waals surface area contributed by atoms with Crippen molar-refractivity contribution in [2.45, 2.75) is 30.7 Å². The zero-order valence-corrected chi connectivity index (χ0v) is 21.6. The predicted octanol–water partition coefficient (Wildman–Crippen LogP) is 2.24. The Kier molecular flexibility index (Phi) is 8.19. The number of benzene rings is 1. The fourth-order valence-corrected chi connectivity index (χ4v) is 7.07. The number of hydrazine groups is 1. The molecular formula is C22H28ClFN6O3S2. The highest BCUT2D eigenvalue weighted by molar-refractivity contribution is 7.96. The van der Waals surface area contributed by atoms with Gasteiger partial charge in [-0.1, -0.05) is 23.5 Å². The Morgan fingerprint density at radius 2 is 2.00 bits per heavy atom. The largest absolute Gasteiger partial charge is 0.298 e. The van der Waals surface area contributed by atoms with E-state index < -0.39 is 27.0 Å². The van der Waals surface area contributed by atoms with Crippen molar-refractivity contribution >= 4 is 45.2 Å². The average molecular weight is 543 g/mol. The number of rotatable bonds is 8. The summed E-state index contributed by atoms with van der Waals surface area (Å²) in [4.78, 5) is 18.3. The highest BCUT2D eigenvalue weighted by Gasteiger charge is 2.39. The van der Waals surface area contributed by atoms with Gasteiger partial charge in [-0.2, -0.15) is 0 Å². The molecule has 35 heavy (non-hydrogen) atoms. The molecule has 0 bridgehead atoms. The highest BCUT2D eigenvalue weighted by atomic mass is 35.5. The number of likely N-dealkylation sites (tertiary alicyclic amines) is 1. The number of carbonyl (C=O) groups excluding carboxylic acids is 1. The minimum absolute atomic E-state index is 0.0830. The summed E-state index contributed by atoms with van der Waals surface area (Å²) in [7, 11) is -3.82. The number of piperidine rings is 1. The number of amides is 1. The normalized spacial score (nSPS) is 18.3. The monoisotopic (exact) mass is 542 g/mol. The first-order chi connectivity index (χ1) is 16.7. The maximum Gasteiger partial charge on any atom is 0.266 e. The Morgan fingerprint density at radius 3 is 2.57 bits per heavy atom. The van der Waals surface area contributed by atoms with Crippen LogP contribution < -0.4 is 15.6 Å². The Morgan fingerprint density at radius 1 is 1.29 bits per heavy atom. The average Bonchev–Trinajstić information content (AvgIpc) is 2.84. The third kappa shape index (κ3) is 5.73. The number of nitrogens with zero attached hydrogens (tertiary/aromatic N) is 4. The number of pyridine rings is 1. The maximum absolute atomic E-state index is 13.8. The van der Waals surface area contributed by atoms with E-state index in [9.17, 15) is 17.6 Å². The van der Waals surface area contributed by atoms with E-state index in [2.05, 4.69) is 20.4 Å². The van der Waals surface area contributed by atoms with Gasteiger partial charge in [-0.15, -0.1) is 0 Å². The van der Waals surface area contributed by atoms with E-state index in [4.69, 9.17) is 17.4 Å². The number of hydrogen-bond donors (Lipinski definition) is 2. The number of aromatic nitrogens is 1. The van der Waals surface area contributed by atoms with Crippen molar-refractivity contribution in [3.05, 3.63) is 58.6 Å². The molecule has 2 saturated heterocycles. The Labute approximate surface area is 213 Å². The molecule has 1 aromatic heterocycles. The summed E-state index contributed by atoms with van der Waals surface area (Å²) in [5, 5.41) is -0.745. The van der Waals surface area contributed by atoms with Gasteiger partial charge in [0.25, 0.3) is 5.91 Å². The molecule has 0 spiro atoms. The van der Waals surface area contributed by atoms with Gasteiger partial charge < -0.3 is 0 Å². The van der Waals surface area contributed by atoms with Crippen LogP contribution in [0.3, 0.4) is 0 Å². The quantitative estimate of drug-likeness (QED) is 0.226. The summed E-state index contributed by atoms with van der Waals surface area (Å²) >= 11 is 7.71. The number of halogens is 2. The van der Waals surface area contributed by atoms with Crippen molar-refractivity contribution < 1.29 is 17.6 Å². The number of carbonyl (C=O) groups is 1. The first-order valence-corrected chi connectivity index (χ1v) is 14.2. The van der Waals surface area contributed by atoms with Crippen LogP contribution in [0.5, 0.6) is 0 Å². The molecule has 0 atom stereocenters. The molecule has 3 N–H and O–H groups in total. The second-order valence-electron chi connectivity index (χ2n) is 8.58. The van der Waals surface area contributed by atoms with Gasteiger partial charge in [-0.25, -0.2) is 23.0 Å². The van der Waals surface area contributed by atoms with Gasteiger partial charge in [0.15, 0.2) is 0 Å². The van der Waals surface area contributed by atoms with Crippen LogP contribution in [0, 0.1) is 5.82 Å². The van der Waals surface area contributed by atoms with E-state index in [1.54, 1.807) is 18.0 Å². The van der Waals surface area contributed by atoms with Crippen LogP contribution in [0.4, 0.5) is 10.1 Å². The van der Waals surface area contributed by atoms with E-state index >= 15 is 0 Å². The topological polar surface area (TPSA) is 112 Å². The van der Waals surface area contributed by atoms with Crippen molar-refractivity contribution in [1.29, 1.82) is 0 Å². The molecule has 2 fully saturated rings. The summed E-state index contributed by atoms with van der Waals surface area (Å²) < 4.78 is 45.0. The van der Waals surface area contributed by atoms with Gasteiger partial charge in [0.1, 0.15) is 5.82 Å². The minimum Gasteiger partial charge on any atom is -0.298 e. The van der Waals surface area contributed by atoms with E-state index in [0.717, 1.165) is 19.2 Å². The van der Waals surface area contributed by atoms with Crippen molar-refractivity contribution in [2.75, 3.05) is 36.7 Å². The second kappa shape index (κ2) is 11.0. The lowest BCUT2D eigenvalue weighted by molar-refractivity contribution is 0.0786. The molecule has 190 valence electrons. The summed E-state index contributed by atoms with van der Waals surface area (Å²) in [5.74, 6) is 4.02.